The maximum absolute atomic E-state index is 12.1. The Morgan fingerprint density at radius 2 is 2.31 bits per heavy atom. The summed E-state index contributed by atoms with van der Waals surface area (Å²) in [5, 5.41) is 0. The van der Waals surface area contributed by atoms with Gasteiger partial charge in [-0.2, -0.15) is 0 Å². The van der Waals surface area contributed by atoms with Crippen molar-refractivity contribution in [3.05, 3.63) is 0 Å². The van der Waals surface area contributed by atoms with Gasteiger partial charge in [0.05, 0.1) is 13.2 Å². The first kappa shape index (κ1) is 10.4. The van der Waals surface area contributed by atoms with Crippen molar-refractivity contribution < 1.29 is 13.9 Å². The number of nitrogens with zero attached hydrogens (tertiary/aromatic N) is 1. The molecule has 0 aromatic rings. The molecule has 0 saturated heterocycles. The van der Waals surface area contributed by atoms with Crippen molar-refractivity contribution >= 4 is 5.97 Å². The summed E-state index contributed by atoms with van der Waals surface area (Å²) >= 11 is 0. The molecular weight excluding hydrogens is 173 g/mol. The molecule has 0 spiro atoms. The standard InChI is InChI=1S/C9H16FNO2/c1-2-13-9(12)7-11(6-5-10)8-3-4-8/h8H,2-7H2,1H3. The SMILES string of the molecule is CCOC(=O)CN(CCF)C1CC1. The van der Waals surface area contributed by atoms with Gasteiger partial charge in [0.2, 0.25) is 0 Å². The molecule has 0 radical (unpaired) electrons. The van der Waals surface area contributed by atoms with E-state index < -0.39 is 6.67 Å². The summed E-state index contributed by atoms with van der Waals surface area (Å²) in [5.41, 5.74) is 0. The molecule has 0 aliphatic heterocycles. The van der Waals surface area contributed by atoms with Crippen molar-refractivity contribution in [1.29, 1.82) is 0 Å². The second-order valence-electron chi connectivity index (χ2n) is 3.20. The average Bonchev–Trinajstić information content (AvgIpc) is 2.86. The van der Waals surface area contributed by atoms with Gasteiger partial charge in [0.25, 0.3) is 0 Å². The van der Waals surface area contributed by atoms with Crippen LogP contribution in [0.3, 0.4) is 0 Å². The van der Waals surface area contributed by atoms with Gasteiger partial charge in [0.15, 0.2) is 0 Å². The molecule has 76 valence electrons. The third kappa shape index (κ3) is 3.72. The van der Waals surface area contributed by atoms with Gasteiger partial charge in [0, 0.05) is 12.6 Å². The maximum atomic E-state index is 12.1. The number of carbonyl (C=O) groups is 1. The van der Waals surface area contributed by atoms with Crippen LogP contribution in [-0.4, -0.2) is 43.3 Å². The molecule has 0 aromatic carbocycles. The summed E-state index contributed by atoms with van der Waals surface area (Å²) in [4.78, 5) is 12.9. The van der Waals surface area contributed by atoms with Gasteiger partial charge >= 0.3 is 5.97 Å². The number of halogens is 1. The van der Waals surface area contributed by atoms with Crippen LogP contribution in [-0.2, 0) is 9.53 Å². The van der Waals surface area contributed by atoms with E-state index in [1.165, 1.54) is 0 Å². The molecule has 1 saturated carbocycles. The molecule has 4 heteroatoms. The number of alkyl halides is 1. The molecule has 0 amide bonds. The fourth-order valence-corrected chi connectivity index (χ4v) is 1.31. The maximum Gasteiger partial charge on any atom is 0.320 e. The number of ether oxygens (including phenoxy) is 1. The lowest BCUT2D eigenvalue weighted by molar-refractivity contribution is -0.144. The molecule has 1 rings (SSSR count). The van der Waals surface area contributed by atoms with Crippen LogP contribution in [0.1, 0.15) is 19.8 Å². The smallest absolute Gasteiger partial charge is 0.320 e. The molecular formula is C9H16FNO2. The topological polar surface area (TPSA) is 29.5 Å². The first-order valence-corrected chi connectivity index (χ1v) is 4.73. The van der Waals surface area contributed by atoms with Crippen LogP contribution >= 0.6 is 0 Å². The summed E-state index contributed by atoms with van der Waals surface area (Å²) in [7, 11) is 0. The van der Waals surface area contributed by atoms with E-state index in [0.29, 0.717) is 19.2 Å². The second kappa shape index (κ2) is 5.17. The van der Waals surface area contributed by atoms with E-state index in [-0.39, 0.29) is 12.5 Å². The monoisotopic (exact) mass is 189 g/mol. The molecule has 13 heavy (non-hydrogen) atoms. The fourth-order valence-electron chi connectivity index (χ4n) is 1.31. The van der Waals surface area contributed by atoms with Gasteiger partial charge in [0.1, 0.15) is 6.67 Å². The van der Waals surface area contributed by atoms with E-state index in [9.17, 15) is 9.18 Å². The highest BCUT2D eigenvalue weighted by Gasteiger charge is 2.30. The van der Waals surface area contributed by atoms with Crippen LogP contribution in [0.2, 0.25) is 0 Å². The number of carbonyl (C=O) groups excluding carboxylic acids is 1. The van der Waals surface area contributed by atoms with Crippen molar-refractivity contribution in [2.24, 2.45) is 0 Å². The Morgan fingerprint density at radius 3 is 2.77 bits per heavy atom. The molecule has 0 aromatic heterocycles. The normalized spacial score (nSPS) is 16.2. The Morgan fingerprint density at radius 1 is 1.62 bits per heavy atom. The van der Waals surface area contributed by atoms with Gasteiger partial charge in [-0.3, -0.25) is 9.69 Å². The van der Waals surface area contributed by atoms with E-state index in [1.54, 1.807) is 6.92 Å². The predicted molar refractivity (Wildman–Crippen MR) is 47.2 cm³/mol. The van der Waals surface area contributed by atoms with Gasteiger partial charge < -0.3 is 4.74 Å². The lowest BCUT2D eigenvalue weighted by atomic mass is 10.4. The van der Waals surface area contributed by atoms with Crippen molar-refractivity contribution in [2.45, 2.75) is 25.8 Å². The Bertz CT molecular complexity index is 171. The largest absolute Gasteiger partial charge is 0.465 e. The summed E-state index contributed by atoms with van der Waals surface area (Å²) in [5.74, 6) is -0.247. The minimum atomic E-state index is -0.393. The second-order valence-corrected chi connectivity index (χ2v) is 3.20. The summed E-state index contributed by atoms with van der Waals surface area (Å²) in [6.45, 7) is 2.36. The van der Waals surface area contributed by atoms with E-state index in [1.807, 2.05) is 4.90 Å². The van der Waals surface area contributed by atoms with Gasteiger partial charge in [-0.25, -0.2) is 4.39 Å². The van der Waals surface area contributed by atoms with Crippen LogP contribution in [0.15, 0.2) is 0 Å². The van der Waals surface area contributed by atoms with Crippen LogP contribution in [0.4, 0.5) is 4.39 Å². The van der Waals surface area contributed by atoms with E-state index in [0.717, 1.165) is 12.8 Å². The van der Waals surface area contributed by atoms with Gasteiger partial charge in [-0.1, -0.05) is 0 Å². The Kier molecular flexibility index (Phi) is 4.15. The molecule has 1 fully saturated rings. The van der Waals surface area contributed by atoms with Gasteiger partial charge in [-0.15, -0.1) is 0 Å². The van der Waals surface area contributed by atoms with E-state index >= 15 is 0 Å². The van der Waals surface area contributed by atoms with Gasteiger partial charge in [-0.05, 0) is 19.8 Å². The fraction of sp³-hybridized carbons (Fsp3) is 0.889. The first-order chi connectivity index (χ1) is 6.27. The molecule has 0 unspecified atom stereocenters. The highest BCUT2D eigenvalue weighted by atomic mass is 19.1. The van der Waals surface area contributed by atoms with Crippen LogP contribution < -0.4 is 0 Å². The van der Waals surface area contributed by atoms with Crippen LogP contribution in [0, 0.1) is 0 Å². The highest BCUT2D eigenvalue weighted by Crippen LogP contribution is 2.26. The molecule has 0 heterocycles. The highest BCUT2D eigenvalue weighted by molar-refractivity contribution is 5.71. The zero-order valence-electron chi connectivity index (χ0n) is 7.96. The summed E-state index contributed by atoms with van der Waals surface area (Å²) in [6.07, 6.45) is 2.17. The average molecular weight is 189 g/mol. The number of esters is 1. The zero-order chi connectivity index (χ0) is 9.68. The predicted octanol–water partition coefficient (Wildman–Crippen LogP) is 0.983. The minimum absolute atomic E-state index is 0.239. The number of hydrogen-bond donors (Lipinski definition) is 0. The van der Waals surface area contributed by atoms with Crippen molar-refractivity contribution in [3.8, 4) is 0 Å². The summed E-state index contributed by atoms with van der Waals surface area (Å²) in [6, 6.07) is 0.417. The van der Waals surface area contributed by atoms with Crippen molar-refractivity contribution in [3.63, 3.8) is 0 Å². The number of hydrogen-bond acceptors (Lipinski definition) is 3. The van der Waals surface area contributed by atoms with Crippen LogP contribution in [0.5, 0.6) is 0 Å². The Balaban J connectivity index is 2.24. The zero-order valence-corrected chi connectivity index (χ0v) is 7.96. The molecule has 0 atom stereocenters. The molecule has 0 bridgehead atoms. The van der Waals surface area contributed by atoms with Crippen molar-refractivity contribution in [2.75, 3.05) is 26.4 Å². The molecule has 0 N–H and O–H groups in total. The van der Waals surface area contributed by atoms with E-state index in [2.05, 4.69) is 0 Å². The lowest BCUT2D eigenvalue weighted by Crippen LogP contribution is -2.34. The Hall–Kier alpha value is -0.640. The molecule has 1 aliphatic carbocycles. The van der Waals surface area contributed by atoms with Crippen LogP contribution in [0.25, 0.3) is 0 Å². The minimum Gasteiger partial charge on any atom is -0.465 e. The first-order valence-electron chi connectivity index (χ1n) is 4.73. The third-order valence-corrected chi connectivity index (χ3v) is 2.07. The third-order valence-electron chi connectivity index (χ3n) is 2.07. The quantitative estimate of drug-likeness (QED) is 0.583. The number of rotatable bonds is 6. The van der Waals surface area contributed by atoms with Crippen molar-refractivity contribution in [1.82, 2.24) is 4.90 Å². The van der Waals surface area contributed by atoms with E-state index in [4.69, 9.17) is 4.74 Å². The summed E-state index contributed by atoms with van der Waals surface area (Å²) < 4.78 is 16.9. The lowest BCUT2D eigenvalue weighted by Gasteiger charge is -2.18. The Labute approximate surface area is 77.9 Å². The molecule has 3 nitrogen and oxygen atoms in total. The molecule has 1 aliphatic rings.